The summed E-state index contributed by atoms with van der Waals surface area (Å²) in [5, 5.41) is 7.86. The van der Waals surface area contributed by atoms with Gasteiger partial charge in [0, 0.05) is 34.7 Å². The highest BCUT2D eigenvalue weighted by Crippen LogP contribution is 2.30. The van der Waals surface area contributed by atoms with Crippen molar-refractivity contribution in [3.63, 3.8) is 0 Å². The van der Waals surface area contributed by atoms with Crippen molar-refractivity contribution in [2.75, 3.05) is 0 Å². The van der Waals surface area contributed by atoms with E-state index in [-0.39, 0.29) is 6.04 Å². The molecule has 6 nitrogen and oxygen atoms in total. The van der Waals surface area contributed by atoms with Crippen LogP contribution in [0.1, 0.15) is 25.5 Å². The SMILES string of the molecule is CC(C)n1c(-c2cncc(Cn3ccnn3)c2)nc2ccc(Br)cc21. The summed E-state index contributed by atoms with van der Waals surface area (Å²) in [6.07, 6.45) is 7.23. The number of fused-ring (bicyclic) bond motifs is 1. The lowest BCUT2D eigenvalue weighted by Gasteiger charge is -2.13. The molecule has 1 aromatic carbocycles. The van der Waals surface area contributed by atoms with Gasteiger partial charge in [-0.05, 0) is 43.7 Å². The molecule has 25 heavy (non-hydrogen) atoms. The van der Waals surface area contributed by atoms with E-state index >= 15 is 0 Å². The zero-order valence-corrected chi connectivity index (χ0v) is 15.6. The van der Waals surface area contributed by atoms with E-state index in [9.17, 15) is 0 Å². The third-order valence-corrected chi connectivity index (χ3v) is 4.53. The summed E-state index contributed by atoms with van der Waals surface area (Å²) in [4.78, 5) is 9.26. The summed E-state index contributed by atoms with van der Waals surface area (Å²) in [5.74, 6) is 0.927. The number of benzene rings is 1. The Labute approximate surface area is 153 Å². The first-order valence-corrected chi connectivity index (χ1v) is 8.87. The number of hydrogen-bond donors (Lipinski definition) is 0. The van der Waals surface area contributed by atoms with Gasteiger partial charge in [-0.15, -0.1) is 5.10 Å². The molecule has 7 heteroatoms. The third kappa shape index (κ3) is 3.07. The first-order valence-electron chi connectivity index (χ1n) is 8.07. The van der Waals surface area contributed by atoms with Crippen LogP contribution in [0.4, 0.5) is 0 Å². The highest BCUT2D eigenvalue weighted by atomic mass is 79.9. The lowest BCUT2D eigenvalue weighted by Crippen LogP contribution is -2.05. The Morgan fingerprint density at radius 3 is 2.80 bits per heavy atom. The van der Waals surface area contributed by atoms with Crippen LogP contribution in [-0.2, 0) is 6.54 Å². The fourth-order valence-electron chi connectivity index (χ4n) is 2.99. The van der Waals surface area contributed by atoms with E-state index in [0.717, 1.165) is 32.5 Å². The lowest BCUT2D eigenvalue weighted by atomic mass is 10.2. The van der Waals surface area contributed by atoms with Crippen molar-refractivity contribution in [2.45, 2.75) is 26.4 Å². The number of aromatic nitrogens is 6. The van der Waals surface area contributed by atoms with E-state index in [4.69, 9.17) is 4.98 Å². The molecule has 0 aliphatic rings. The fourth-order valence-corrected chi connectivity index (χ4v) is 3.34. The largest absolute Gasteiger partial charge is 0.321 e. The molecule has 0 unspecified atom stereocenters. The van der Waals surface area contributed by atoms with Gasteiger partial charge in [-0.3, -0.25) is 4.98 Å². The normalized spacial score (nSPS) is 11.5. The van der Waals surface area contributed by atoms with Gasteiger partial charge < -0.3 is 4.57 Å². The Kier molecular flexibility index (Phi) is 4.09. The third-order valence-electron chi connectivity index (χ3n) is 4.04. The van der Waals surface area contributed by atoms with Gasteiger partial charge in [-0.25, -0.2) is 9.67 Å². The van der Waals surface area contributed by atoms with E-state index in [1.54, 1.807) is 10.9 Å². The van der Waals surface area contributed by atoms with Crippen molar-refractivity contribution in [3.05, 3.63) is 59.1 Å². The quantitative estimate of drug-likeness (QED) is 0.521. The Hall–Kier alpha value is -2.54. The Morgan fingerprint density at radius 1 is 1.16 bits per heavy atom. The number of nitrogens with zero attached hydrogens (tertiary/aromatic N) is 6. The zero-order valence-electron chi connectivity index (χ0n) is 14.0. The maximum Gasteiger partial charge on any atom is 0.142 e. The average molecular weight is 397 g/mol. The van der Waals surface area contributed by atoms with Gasteiger partial charge in [0.25, 0.3) is 0 Å². The molecule has 0 aliphatic heterocycles. The van der Waals surface area contributed by atoms with Crippen LogP contribution in [0.3, 0.4) is 0 Å². The van der Waals surface area contributed by atoms with Crippen molar-refractivity contribution in [2.24, 2.45) is 0 Å². The molecule has 4 aromatic rings. The molecule has 0 amide bonds. The van der Waals surface area contributed by atoms with Crippen molar-refractivity contribution in [1.29, 1.82) is 0 Å². The van der Waals surface area contributed by atoms with E-state index < -0.39 is 0 Å². The lowest BCUT2D eigenvalue weighted by molar-refractivity contribution is 0.623. The predicted molar refractivity (Wildman–Crippen MR) is 100 cm³/mol. The minimum absolute atomic E-state index is 0.285. The minimum Gasteiger partial charge on any atom is -0.321 e. The van der Waals surface area contributed by atoms with E-state index in [0.29, 0.717) is 6.54 Å². The molecule has 126 valence electrons. The van der Waals surface area contributed by atoms with Gasteiger partial charge in [0.05, 0.1) is 23.8 Å². The van der Waals surface area contributed by atoms with Crippen LogP contribution in [0.15, 0.2) is 53.5 Å². The second-order valence-corrected chi connectivity index (χ2v) is 7.13. The highest BCUT2D eigenvalue weighted by Gasteiger charge is 2.16. The fraction of sp³-hybridized carbons (Fsp3) is 0.222. The standard InChI is InChI=1S/C18H17BrN6/c1-12(2)25-17-8-15(19)3-4-16(17)22-18(25)14-7-13(9-20-10-14)11-24-6-5-21-23-24/h3-10,12H,11H2,1-2H3. The molecular formula is C18H17BrN6. The molecule has 0 N–H and O–H groups in total. The second-order valence-electron chi connectivity index (χ2n) is 6.21. The number of hydrogen-bond acceptors (Lipinski definition) is 4. The molecule has 0 radical (unpaired) electrons. The van der Waals surface area contributed by atoms with E-state index in [1.807, 2.05) is 30.7 Å². The molecule has 0 atom stereocenters. The van der Waals surface area contributed by atoms with Crippen LogP contribution in [0.5, 0.6) is 0 Å². The zero-order chi connectivity index (χ0) is 17.4. The Balaban J connectivity index is 1.82. The predicted octanol–water partition coefficient (Wildman–Crippen LogP) is 4.08. The van der Waals surface area contributed by atoms with Crippen molar-refractivity contribution in [1.82, 2.24) is 29.5 Å². The van der Waals surface area contributed by atoms with Crippen LogP contribution in [0.25, 0.3) is 22.4 Å². The second kappa shape index (κ2) is 6.40. The van der Waals surface area contributed by atoms with Crippen molar-refractivity contribution in [3.8, 4) is 11.4 Å². The summed E-state index contributed by atoms with van der Waals surface area (Å²) in [6.45, 7) is 4.96. The van der Waals surface area contributed by atoms with Gasteiger partial charge in [-0.2, -0.15) is 0 Å². The number of halogens is 1. The number of imidazole rings is 1. The van der Waals surface area contributed by atoms with Gasteiger partial charge in [-0.1, -0.05) is 21.1 Å². The maximum atomic E-state index is 4.85. The molecule has 3 aromatic heterocycles. The summed E-state index contributed by atoms with van der Waals surface area (Å²) >= 11 is 3.56. The van der Waals surface area contributed by atoms with Gasteiger partial charge in [0.15, 0.2) is 0 Å². The van der Waals surface area contributed by atoms with Crippen LogP contribution < -0.4 is 0 Å². The van der Waals surface area contributed by atoms with Crippen LogP contribution in [-0.4, -0.2) is 29.5 Å². The van der Waals surface area contributed by atoms with Crippen LogP contribution in [0, 0.1) is 0 Å². The van der Waals surface area contributed by atoms with Gasteiger partial charge in [0.1, 0.15) is 5.82 Å². The van der Waals surface area contributed by atoms with Gasteiger partial charge >= 0.3 is 0 Å². The first-order chi connectivity index (χ1) is 12.1. The van der Waals surface area contributed by atoms with Crippen LogP contribution >= 0.6 is 15.9 Å². The summed E-state index contributed by atoms with van der Waals surface area (Å²) < 4.78 is 5.08. The first kappa shape index (κ1) is 16.0. The molecule has 0 saturated heterocycles. The maximum absolute atomic E-state index is 4.85. The highest BCUT2D eigenvalue weighted by molar-refractivity contribution is 9.10. The smallest absolute Gasteiger partial charge is 0.142 e. The molecule has 3 heterocycles. The molecule has 4 rings (SSSR count). The number of pyridine rings is 1. The average Bonchev–Trinajstić information content (AvgIpc) is 3.22. The van der Waals surface area contributed by atoms with E-state index in [1.165, 1.54) is 0 Å². The van der Waals surface area contributed by atoms with Crippen LogP contribution in [0.2, 0.25) is 0 Å². The monoisotopic (exact) mass is 396 g/mol. The summed E-state index contributed by atoms with van der Waals surface area (Å²) in [6, 6.07) is 8.56. The van der Waals surface area contributed by atoms with Gasteiger partial charge in [0.2, 0.25) is 0 Å². The van der Waals surface area contributed by atoms with Crippen molar-refractivity contribution < 1.29 is 0 Å². The Bertz CT molecular complexity index is 1020. The molecule has 0 spiro atoms. The number of rotatable bonds is 4. The molecule has 0 saturated carbocycles. The molecule has 0 bridgehead atoms. The molecule has 0 aliphatic carbocycles. The Morgan fingerprint density at radius 2 is 2.04 bits per heavy atom. The summed E-state index contributed by atoms with van der Waals surface area (Å²) in [7, 11) is 0. The molecular weight excluding hydrogens is 380 g/mol. The summed E-state index contributed by atoms with van der Waals surface area (Å²) in [5.41, 5.74) is 4.15. The topological polar surface area (TPSA) is 61.4 Å². The van der Waals surface area contributed by atoms with E-state index in [2.05, 4.69) is 61.8 Å². The van der Waals surface area contributed by atoms with Crippen molar-refractivity contribution >= 4 is 27.0 Å². The minimum atomic E-state index is 0.285. The molecule has 0 fully saturated rings.